The molecule has 0 amide bonds. The van der Waals surface area contributed by atoms with Gasteiger partial charge in [-0.1, -0.05) is 32.0 Å². The third-order valence-electron chi connectivity index (χ3n) is 5.23. The van der Waals surface area contributed by atoms with Gasteiger partial charge in [0, 0.05) is 18.2 Å². The van der Waals surface area contributed by atoms with Crippen molar-refractivity contribution in [2.75, 3.05) is 24.9 Å². The molecule has 2 N–H and O–H groups in total. The Morgan fingerprint density at radius 1 is 0.935 bits per heavy atom. The molecule has 1 aliphatic carbocycles. The molecule has 0 atom stereocenters. The summed E-state index contributed by atoms with van der Waals surface area (Å²) in [5.74, 6) is 2.32. The predicted molar refractivity (Wildman–Crippen MR) is 121 cm³/mol. The van der Waals surface area contributed by atoms with Crippen LogP contribution in [0.15, 0.2) is 48.5 Å². The molecule has 1 aliphatic rings. The van der Waals surface area contributed by atoms with Crippen LogP contribution in [-0.2, 0) is 6.42 Å². The quantitative estimate of drug-likeness (QED) is 0.573. The second-order valence-electron chi connectivity index (χ2n) is 8.34. The van der Waals surface area contributed by atoms with Crippen molar-refractivity contribution in [1.82, 2.24) is 9.97 Å². The molecule has 7 heteroatoms. The van der Waals surface area contributed by atoms with Crippen LogP contribution in [0.2, 0.25) is 0 Å². The number of aromatic nitrogens is 2. The van der Waals surface area contributed by atoms with Gasteiger partial charge in [0.15, 0.2) is 5.78 Å². The van der Waals surface area contributed by atoms with Crippen molar-refractivity contribution in [1.29, 1.82) is 0 Å². The van der Waals surface area contributed by atoms with E-state index in [2.05, 4.69) is 29.5 Å². The summed E-state index contributed by atoms with van der Waals surface area (Å²) in [4.78, 5) is 22.4. The molecule has 0 bridgehead atoms. The first-order chi connectivity index (χ1) is 14.9. The molecule has 4 rings (SSSR count). The summed E-state index contributed by atoms with van der Waals surface area (Å²) in [5, 5.41) is 6.54. The second kappa shape index (κ2) is 8.26. The van der Waals surface area contributed by atoms with Crippen LogP contribution in [0.3, 0.4) is 0 Å². The lowest BCUT2D eigenvalue weighted by molar-refractivity contribution is 0.0911. The van der Waals surface area contributed by atoms with Crippen molar-refractivity contribution in [3.8, 4) is 11.5 Å². The first-order valence-electron chi connectivity index (χ1n) is 10.1. The standard InChI is InChI=1S/C24H26N4O3/c1-24(2)13-18-21(19(29)14-24)22(26-17-10-5-6-11-20(17)31-4)28-23(27-18)25-15-8-7-9-16(12-15)30-3/h5-12H,13-14H2,1-4H3,(H2,25,26,27,28). The summed E-state index contributed by atoms with van der Waals surface area (Å²) in [6.07, 6.45) is 1.14. The molecule has 7 nitrogen and oxygen atoms in total. The molecule has 0 saturated carbocycles. The number of Topliss-reactive ketones (excluding diaryl/α,β-unsaturated/α-hetero) is 1. The summed E-state index contributed by atoms with van der Waals surface area (Å²) in [6, 6.07) is 15.1. The molecule has 1 aromatic heterocycles. The summed E-state index contributed by atoms with van der Waals surface area (Å²) < 4.78 is 10.8. The minimum Gasteiger partial charge on any atom is -0.497 e. The number of hydrogen-bond acceptors (Lipinski definition) is 7. The van der Waals surface area contributed by atoms with Crippen LogP contribution in [-0.4, -0.2) is 30.0 Å². The maximum absolute atomic E-state index is 13.0. The average Bonchev–Trinajstić information content (AvgIpc) is 2.73. The minimum atomic E-state index is -0.159. The number of nitrogens with zero attached hydrogens (tertiary/aromatic N) is 2. The highest BCUT2D eigenvalue weighted by molar-refractivity contribution is 6.03. The van der Waals surface area contributed by atoms with E-state index in [0.717, 1.165) is 22.8 Å². The number of hydrogen-bond donors (Lipinski definition) is 2. The van der Waals surface area contributed by atoms with Crippen molar-refractivity contribution in [3.63, 3.8) is 0 Å². The molecular weight excluding hydrogens is 392 g/mol. The summed E-state index contributed by atoms with van der Waals surface area (Å²) >= 11 is 0. The van der Waals surface area contributed by atoms with Crippen molar-refractivity contribution in [3.05, 3.63) is 59.8 Å². The summed E-state index contributed by atoms with van der Waals surface area (Å²) in [6.45, 7) is 4.16. The highest BCUT2D eigenvalue weighted by Crippen LogP contribution is 2.38. The zero-order valence-electron chi connectivity index (χ0n) is 18.2. The van der Waals surface area contributed by atoms with Crippen molar-refractivity contribution < 1.29 is 14.3 Å². The Labute approximate surface area is 181 Å². The molecule has 0 aliphatic heterocycles. The van der Waals surface area contributed by atoms with Crippen molar-refractivity contribution >= 4 is 28.9 Å². The first kappa shape index (κ1) is 20.7. The van der Waals surface area contributed by atoms with Gasteiger partial charge in [-0.05, 0) is 36.1 Å². The van der Waals surface area contributed by atoms with E-state index in [1.165, 1.54) is 0 Å². The first-order valence-corrected chi connectivity index (χ1v) is 10.1. The average molecular weight is 418 g/mol. The van der Waals surface area contributed by atoms with Gasteiger partial charge in [0.25, 0.3) is 0 Å². The molecule has 1 heterocycles. The molecule has 0 radical (unpaired) electrons. The van der Waals surface area contributed by atoms with E-state index in [4.69, 9.17) is 14.5 Å². The van der Waals surface area contributed by atoms with Gasteiger partial charge < -0.3 is 20.1 Å². The largest absolute Gasteiger partial charge is 0.497 e. The maximum atomic E-state index is 13.0. The van der Waals surface area contributed by atoms with Crippen LogP contribution in [0.4, 0.5) is 23.1 Å². The zero-order chi connectivity index (χ0) is 22.0. The van der Waals surface area contributed by atoms with Crippen LogP contribution in [0.5, 0.6) is 11.5 Å². The van der Waals surface area contributed by atoms with E-state index in [9.17, 15) is 4.79 Å². The normalized spacial score (nSPS) is 14.5. The number of ketones is 1. The van der Waals surface area contributed by atoms with E-state index in [-0.39, 0.29) is 11.2 Å². The van der Waals surface area contributed by atoms with Crippen molar-refractivity contribution in [2.45, 2.75) is 26.7 Å². The molecule has 0 spiro atoms. The lowest BCUT2D eigenvalue weighted by Gasteiger charge is -2.30. The van der Waals surface area contributed by atoms with Crippen LogP contribution in [0.1, 0.15) is 36.3 Å². The second-order valence-corrected chi connectivity index (χ2v) is 8.34. The van der Waals surface area contributed by atoms with Crippen LogP contribution in [0.25, 0.3) is 0 Å². The predicted octanol–water partition coefficient (Wildman–Crippen LogP) is 5.14. The Balaban J connectivity index is 1.78. The summed E-state index contributed by atoms with van der Waals surface area (Å²) in [7, 11) is 3.23. The van der Waals surface area contributed by atoms with Gasteiger partial charge in [-0.2, -0.15) is 4.98 Å². The number of para-hydroxylation sites is 2. The number of anilines is 4. The van der Waals surface area contributed by atoms with Crippen molar-refractivity contribution in [2.24, 2.45) is 5.41 Å². The van der Waals surface area contributed by atoms with E-state index in [1.807, 2.05) is 48.5 Å². The Morgan fingerprint density at radius 3 is 2.52 bits per heavy atom. The Kier molecular flexibility index (Phi) is 5.50. The van der Waals surface area contributed by atoms with Gasteiger partial charge in [-0.3, -0.25) is 4.79 Å². The fourth-order valence-electron chi connectivity index (χ4n) is 3.82. The third-order valence-corrected chi connectivity index (χ3v) is 5.23. The Hall–Kier alpha value is -3.61. The van der Waals surface area contributed by atoms with Gasteiger partial charge in [0.2, 0.25) is 5.95 Å². The number of rotatable bonds is 6. The number of nitrogens with one attached hydrogen (secondary N) is 2. The van der Waals surface area contributed by atoms with Gasteiger partial charge in [0.05, 0.1) is 31.2 Å². The number of methoxy groups -OCH3 is 2. The molecule has 3 aromatic rings. The third kappa shape index (κ3) is 4.45. The number of ether oxygens (including phenoxy) is 2. The number of carbonyl (C=O) groups excluding carboxylic acids is 1. The molecule has 2 aromatic carbocycles. The highest BCUT2D eigenvalue weighted by atomic mass is 16.5. The maximum Gasteiger partial charge on any atom is 0.229 e. The Bertz CT molecular complexity index is 1130. The molecule has 0 fully saturated rings. The molecule has 31 heavy (non-hydrogen) atoms. The minimum absolute atomic E-state index is 0.0385. The van der Waals surface area contributed by atoms with Crippen LogP contribution in [0, 0.1) is 5.41 Å². The van der Waals surface area contributed by atoms with E-state index in [1.54, 1.807) is 14.2 Å². The van der Waals surface area contributed by atoms with E-state index >= 15 is 0 Å². The fraction of sp³-hybridized carbons (Fsp3) is 0.292. The van der Waals surface area contributed by atoms with Crippen LogP contribution >= 0.6 is 0 Å². The molecule has 0 unspecified atom stereocenters. The zero-order valence-corrected chi connectivity index (χ0v) is 18.2. The molecular formula is C24H26N4O3. The lowest BCUT2D eigenvalue weighted by atomic mass is 9.75. The molecule has 0 saturated heterocycles. The highest BCUT2D eigenvalue weighted by Gasteiger charge is 2.35. The number of carbonyl (C=O) groups is 1. The van der Waals surface area contributed by atoms with E-state index < -0.39 is 0 Å². The fourth-order valence-corrected chi connectivity index (χ4v) is 3.82. The van der Waals surface area contributed by atoms with Gasteiger partial charge >= 0.3 is 0 Å². The Morgan fingerprint density at radius 2 is 1.74 bits per heavy atom. The monoisotopic (exact) mass is 418 g/mol. The number of benzene rings is 2. The number of fused-ring (bicyclic) bond motifs is 1. The van der Waals surface area contributed by atoms with Gasteiger partial charge in [-0.25, -0.2) is 4.98 Å². The van der Waals surface area contributed by atoms with Gasteiger partial charge in [-0.15, -0.1) is 0 Å². The van der Waals surface area contributed by atoms with Crippen LogP contribution < -0.4 is 20.1 Å². The van der Waals surface area contributed by atoms with E-state index in [0.29, 0.717) is 35.9 Å². The molecule has 160 valence electrons. The SMILES string of the molecule is COc1cccc(Nc2nc3c(c(Nc4ccccc4OC)n2)C(=O)CC(C)(C)C3)c1. The smallest absolute Gasteiger partial charge is 0.229 e. The topological polar surface area (TPSA) is 85.4 Å². The summed E-state index contributed by atoms with van der Waals surface area (Å²) in [5.41, 5.74) is 2.65. The lowest BCUT2D eigenvalue weighted by Crippen LogP contribution is -2.29. The van der Waals surface area contributed by atoms with Gasteiger partial charge in [0.1, 0.15) is 17.3 Å².